The molecule has 1 aliphatic carbocycles. The Kier molecular flexibility index (Phi) is 3.24. The highest BCUT2D eigenvalue weighted by atomic mass is 19.3. The molecule has 0 aromatic heterocycles. The zero-order chi connectivity index (χ0) is 14.4. The molecule has 0 heterocycles. The molecule has 1 fully saturated rings. The Morgan fingerprint density at radius 3 is 2.53 bits per heavy atom. The molecule has 104 valence electrons. The molecule has 0 radical (unpaired) electrons. The second-order valence-corrected chi connectivity index (χ2v) is 5.49. The summed E-state index contributed by atoms with van der Waals surface area (Å²) in [6.07, 6.45) is 0. The van der Waals surface area contributed by atoms with Gasteiger partial charge in [0.2, 0.25) is 0 Å². The third-order valence-electron chi connectivity index (χ3n) is 3.88. The zero-order valence-electron chi connectivity index (χ0n) is 11.0. The first-order valence-corrected chi connectivity index (χ1v) is 6.04. The standard InChI is InChI=1S/C14H16F2O3/c1-7-5-4-6-8(11(7)19-13(15)16)9-10(12(17)18)14(9,2)3/h4-6,9-10,13H,1-3H3,(H,17,18). The fourth-order valence-electron chi connectivity index (χ4n) is 2.85. The maximum Gasteiger partial charge on any atom is 0.387 e. The topological polar surface area (TPSA) is 46.5 Å². The average molecular weight is 270 g/mol. The van der Waals surface area contributed by atoms with Gasteiger partial charge in [0.25, 0.3) is 0 Å². The molecule has 2 unspecified atom stereocenters. The lowest BCUT2D eigenvalue weighted by atomic mass is 10.00. The summed E-state index contributed by atoms with van der Waals surface area (Å²) in [5.41, 5.74) is 0.696. The van der Waals surface area contributed by atoms with Gasteiger partial charge in [-0.25, -0.2) is 0 Å². The number of rotatable bonds is 4. The minimum absolute atomic E-state index is 0.110. The number of aryl methyl sites for hydroxylation is 1. The van der Waals surface area contributed by atoms with Gasteiger partial charge >= 0.3 is 12.6 Å². The SMILES string of the molecule is Cc1cccc(C2C(C(=O)O)C2(C)C)c1OC(F)F. The van der Waals surface area contributed by atoms with E-state index in [1.54, 1.807) is 25.1 Å². The molecule has 0 bridgehead atoms. The van der Waals surface area contributed by atoms with E-state index in [1.165, 1.54) is 0 Å². The lowest BCUT2D eigenvalue weighted by Gasteiger charge is -2.14. The van der Waals surface area contributed by atoms with E-state index in [2.05, 4.69) is 4.74 Å². The van der Waals surface area contributed by atoms with Crippen molar-refractivity contribution in [2.24, 2.45) is 11.3 Å². The number of hydrogen-bond donors (Lipinski definition) is 1. The summed E-state index contributed by atoms with van der Waals surface area (Å²) >= 11 is 0. The van der Waals surface area contributed by atoms with E-state index in [0.29, 0.717) is 11.1 Å². The van der Waals surface area contributed by atoms with Crippen molar-refractivity contribution < 1.29 is 23.4 Å². The number of benzene rings is 1. The van der Waals surface area contributed by atoms with E-state index in [1.807, 2.05) is 13.8 Å². The molecule has 19 heavy (non-hydrogen) atoms. The minimum Gasteiger partial charge on any atom is -0.481 e. The minimum atomic E-state index is -2.91. The van der Waals surface area contributed by atoms with Crippen molar-refractivity contribution in [2.75, 3.05) is 0 Å². The largest absolute Gasteiger partial charge is 0.481 e. The quantitative estimate of drug-likeness (QED) is 0.911. The zero-order valence-corrected chi connectivity index (χ0v) is 11.0. The van der Waals surface area contributed by atoms with Gasteiger partial charge in [-0.3, -0.25) is 4.79 Å². The molecule has 2 rings (SSSR count). The van der Waals surface area contributed by atoms with Crippen molar-refractivity contribution in [3.05, 3.63) is 29.3 Å². The number of ether oxygens (including phenoxy) is 1. The van der Waals surface area contributed by atoms with E-state index in [-0.39, 0.29) is 11.7 Å². The number of para-hydroxylation sites is 1. The highest BCUT2D eigenvalue weighted by Crippen LogP contribution is 2.66. The van der Waals surface area contributed by atoms with E-state index in [9.17, 15) is 18.7 Å². The number of carboxylic acid groups (broad SMARTS) is 1. The van der Waals surface area contributed by atoms with Crippen molar-refractivity contribution >= 4 is 5.97 Å². The normalized spacial score (nSPS) is 24.3. The van der Waals surface area contributed by atoms with Crippen LogP contribution in [0.4, 0.5) is 8.78 Å². The first-order chi connectivity index (χ1) is 8.76. The number of carboxylic acids is 1. The van der Waals surface area contributed by atoms with Crippen LogP contribution in [0.5, 0.6) is 5.75 Å². The fourth-order valence-corrected chi connectivity index (χ4v) is 2.85. The van der Waals surface area contributed by atoms with Crippen LogP contribution in [-0.2, 0) is 4.79 Å². The van der Waals surface area contributed by atoms with E-state index in [0.717, 1.165) is 0 Å². The van der Waals surface area contributed by atoms with Crippen LogP contribution in [0.2, 0.25) is 0 Å². The van der Waals surface area contributed by atoms with Crippen LogP contribution in [0, 0.1) is 18.3 Å². The lowest BCUT2D eigenvalue weighted by Crippen LogP contribution is -2.07. The molecule has 0 amide bonds. The van der Waals surface area contributed by atoms with Crippen LogP contribution in [0.1, 0.15) is 30.9 Å². The van der Waals surface area contributed by atoms with E-state index < -0.39 is 23.9 Å². The second-order valence-electron chi connectivity index (χ2n) is 5.49. The molecule has 1 aromatic carbocycles. The molecule has 5 heteroatoms. The molecule has 1 N–H and O–H groups in total. The predicted molar refractivity (Wildman–Crippen MR) is 65.5 cm³/mol. The summed E-state index contributed by atoms with van der Waals surface area (Å²) < 4.78 is 29.5. The highest BCUT2D eigenvalue weighted by molar-refractivity contribution is 5.78. The summed E-state index contributed by atoms with van der Waals surface area (Å²) in [5.74, 6) is -1.65. The van der Waals surface area contributed by atoms with Gasteiger partial charge < -0.3 is 9.84 Å². The molecule has 2 atom stereocenters. The van der Waals surface area contributed by atoms with E-state index in [4.69, 9.17) is 0 Å². The third-order valence-corrected chi connectivity index (χ3v) is 3.88. The van der Waals surface area contributed by atoms with Gasteiger partial charge in [-0.05, 0) is 23.5 Å². The predicted octanol–water partition coefficient (Wildman–Crippen LogP) is 3.42. The lowest BCUT2D eigenvalue weighted by molar-refractivity contribution is -0.139. The molecule has 0 spiro atoms. The molecular weight excluding hydrogens is 254 g/mol. The van der Waals surface area contributed by atoms with Crippen LogP contribution in [0.15, 0.2) is 18.2 Å². The number of aliphatic carboxylic acids is 1. The number of hydrogen-bond acceptors (Lipinski definition) is 2. The van der Waals surface area contributed by atoms with Crippen molar-refractivity contribution in [1.82, 2.24) is 0 Å². The van der Waals surface area contributed by atoms with E-state index >= 15 is 0 Å². The fraction of sp³-hybridized carbons (Fsp3) is 0.500. The maximum atomic E-state index is 12.5. The number of carbonyl (C=O) groups is 1. The van der Waals surface area contributed by atoms with Crippen molar-refractivity contribution in [3.8, 4) is 5.75 Å². The van der Waals surface area contributed by atoms with Gasteiger partial charge in [0, 0.05) is 5.92 Å². The third kappa shape index (κ3) is 2.29. The second kappa shape index (κ2) is 4.47. The van der Waals surface area contributed by atoms with Gasteiger partial charge in [-0.2, -0.15) is 8.78 Å². The Morgan fingerprint density at radius 2 is 2.05 bits per heavy atom. The summed E-state index contributed by atoms with van der Waals surface area (Å²) in [6.45, 7) is 2.41. The van der Waals surface area contributed by atoms with Crippen LogP contribution in [0.3, 0.4) is 0 Å². The Labute approximate surface area is 110 Å². The van der Waals surface area contributed by atoms with Crippen LogP contribution < -0.4 is 4.74 Å². The van der Waals surface area contributed by atoms with Crippen LogP contribution >= 0.6 is 0 Å². The monoisotopic (exact) mass is 270 g/mol. The molecule has 1 saturated carbocycles. The van der Waals surface area contributed by atoms with Gasteiger partial charge in [-0.1, -0.05) is 32.0 Å². The summed E-state index contributed by atoms with van der Waals surface area (Å²) in [7, 11) is 0. The number of alkyl halides is 2. The average Bonchev–Trinajstić information content (AvgIpc) is 2.84. The first kappa shape index (κ1) is 13.8. The van der Waals surface area contributed by atoms with Gasteiger partial charge in [0.1, 0.15) is 5.75 Å². The first-order valence-electron chi connectivity index (χ1n) is 6.04. The molecule has 3 nitrogen and oxygen atoms in total. The summed E-state index contributed by atoms with van der Waals surface area (Å²) in [5, 5.41) is 9.17. The smallest absolute Gasteiger partial charge is 0.387 e. The molecular formula is C14H16F2O3. The van der Waals surface area contributed by atoms with Gasteiger partial charge in [0.15, 0.2) is 0 Å². The molecule has 1 aromatic rings. The van der Waals surface area contributed by atoms with Crippen LogP contribution in [-0.4, -0.2) is 17.7 Å². The van der Waals surface area contributed by atoms with Gasteiger partial charge in [0.05, 0.1) is 5.92 Å². The Bertz CT molecular complexity index is 511. The van der Waals surface area contributed by atoms with Gasteiger partial charge in [-0.15, -0.1) is 0 Å². The maximum absolute atomic E-state index is 12.5. The van der Waals surface area contributed by atoms with Crippen molar-refractivity contribution in [3.63, 3.8) is 0 Å². The summed E-state index contributed by atoms with van der Waals surface area (Å²) in [6, 6.07) is 5.07. The molecule has 0 saturated heterocycles. The van der Waals surface area contributed by atoms with Crippen LogP contribution in [0.25, 0.3) is 0 Å². The molecule has 0 aliphatic heterocycles. The van der Waals surface area contributed by atoms with Crippen molar-refractivity contribution in [2.45, 2.75) is 33.3 Å². The Balaban J connectivity index is 2.41. The molecule has 1 aliphatic rings. The Morgan fingerprint density at radius 1 is 1.42 bits per heavy atom. The highest BCUT2D eigenvalue weighted by Gasteiger charge is 2.63. The Hall–Kier alpha value is -1.65. The number of halogens is 2. The van der Waals surface area contributed by atoms with Crippen molar-refractivity contribution in [1.29, 1.82) is 0 Å². The summed E-state index contributed by atoms with van der Waals surface area (Å²) in [4.78, 5) is 11.2.